The third-order valence-electron chi connectivity index (χ3n) is 4.46. The van der Waals surface area contributed by atoms with Crippen LogP contribution < -0.4 is 5.32 Å². The van der Waals surface area contributed by atoms with Crippen LogP contribution in [0.15, 0.2) is 12.4 Å². The molecule has 0 saturated heterocycles. The van der Waals surface area contributed by atoms with E-state index < -0.39 is 0 Å². The van der Waals surface area contributed by atoms with Gasteiger partial charge in [-0.15, -0.1) is 0 Å². The van der Waals surface area contributed by atoms with Gasteiger partial charge in [-0.2, -0.15) is 0 Å². The van der Waals surface area contributed by atoms with Crippen LogP contribution in [0.3, 0.4) is 0 Å². The van der Waals surface area contributed by atoms with Crippen LogP contribution in [0.2, 0.25) is 0 Å². The summed E-state index contributed by atoms with van der Waals surface area (Å²) in [6, 6.07) is 0. The Morgan fingerprint density at radius 1 is 1.37 bits per heavy atom. The molecule has 108 valence electrons. The highest BCUT2D eigenvalue weighted by atomic mass is 15.1. The standard InChI is InChI=1S/C16H29N3/c1-14(2)12-16(6-4-5-7-16)13-17-8-10-19-11-9-18-15(19)3/h9,11,14,17H,4-8,10,12-13H2,1-3H3. The van der Waals surface area contributed by atoms with Crippen molar-refractivity contribution in [3.05, 3.63) is 18.2 Å². The maximum atomic E-state index is 4.26. The Balaban J connectivity index is 1.75. The van der Waals surface area contributed by atoms with Crippen molar-refractivity contribution in [1.29, 1.82) is 0 Å². The summed E-state index contributed by atoms with van der Waals surface area (Å²) in [4.78, 5) is 4.26. The second-order valence-corrected chi connectivity index (χ2v) is 6.65. The molecule has 0 atom stereocenters. The Morgan fingerprint density at radius 2 is 2.11 bits per heavy atom. The van der Waals surface area contributed by atoms with E-state index in [1.165, 1.54) is 38.6 Å². The van der Waals surface area contributed by atoms with Gasteiger partial charge in [0.1, 0.15) is 5.82 Å². The summed E-state index contributed by atoms with van der Waals surface area (Å²) in [5.41, 5.74) is 0.581. The first-order valence-corrected chi connectivity index (χ1v) is 7.80. The van der Waals surface area contributed by atoms with Crippen molar-refractivity contribution in [3.8, 4) is 0 Å². The van der Waals surface area contributed by atoms with Crippen LogP contribution in [0.4, 0.5) is 0 Å². The first-order chi connectivity index (χ1) is 9.11. The van der Waals surface area contributed by atoms with Gasteiger partial charge in [0, 0.05) is 32.0 Å². The maximum absolute atomic E-state index is 4.26. The van der Waals surface area contributed by atoms with Gasteiger partial charge in [0.15, 0.2) is 0 Å². The normalized spacial score (nSPS) is 18.3. The van der Waals surface area contributed by atoms with E-state index in [4.69, 9.17) is 0 Å². The summed E-state index contributed by atoms with van der Waals surface area (Å²) in [7, 11) is 0. The van der Waals surface area contributed by atoms with E-state index in [0.717, 1.165) is 24.8 Å². The van der Waals surface area contributed by atoms with Gasteiger partial charge in [-0.1, -0.05) is 26.7 Å². The Morgan fingerprint density at radius 3 is 2.68 bits per heavy atom. The minimum absolute atomic E-state index is 0.581. The number of aromatic nitrogens is 2. The molecule has 0 radical (unpaired) electrons. The zero-order valence-corrected chi connectivity index (χ0v) is 12.8. The molecule has 1 saturated carbocycles. The lowest BCUT2D eigenvalue weighted by Crippen LogP contribution is -2.35. The van der Waals surface area contributed by atoms with Crippen molar-refractivity contribution in [2.75, 3.05) is 13.1 Å². The number of nitrogens with zero attached hydrogens (tertiary/aromatic N) is 2. The third kappa shape index (κ3) is 4.07. The van der Waals surface area contributed by atoms with Gasteiger partial charge in [0.25, 0.3) is 0 Å². The van der Waals surface area contributed by atoms with E-state index in [0.29, 0.717) is 5.41 Å². The molecule has 1 aliphatic rings. The molecular formula is C16H29N3. The van der Waals surface area contributed by atoms with Gasteiger partial charge in [0.2, 0.25) is 0 Å². The Hall–Kier alpha value is -0.830. The lowest BCUT2D eigenvalue weighted by Gasteiger charge is -2.31. The molecule has 1 aromatic heterocycles. The summed E-state index contributed by atoms with van der Waals surface area (Å²) in [6.45, 7) is 10.1. The molecule has 0 bridgehead atoms. The van der Waals surface area contributed by atoms with Gasteiger partial charge in [-0.05, 0) is 37.5 Å². The highest BCUT2D eigenvalue weighted by Gasteiger charge is 2.33. The molecule has 3 heteroatoms. The van der Waals surface area contributed by atoms with Crippen molar-refractivity contribution in [3.63, 3.8) is 0 Å². The van der Waals surface area contributed by atoms with Gasteiger partial charge in [-0.25, -0.2) is 4.98 Å². The highest BCUT2D eigenvalue weighted by Crippen LogP contribution is 2.42. The number of imidazole rings is 1. The Kier molecular flexibility index (Phi) is 5.03. The molecule has 3 nitrogen and oxygen atoms in total. The monoisotopic (exact) mass is 263 g/mol. The summed E-state index contributed by atoms with van der Waals surface area (Å²) in [5.74, 6) is 1.93. The van der Waals surface area contributed by atoms with Crippen LogP contribution in [0, 0.1) is 18.3 Å². The minimum atomic E-state index is 0.581. The molecule has 0 aromatic carbocycles. The van der Waals surface area contributed by atoms with Crippen LogP contribution in [-0.4, -0.2) is 22.6 Å². The first kappa shape index (κ1) is 14.6. The molecule has 2 rings (SSSR count). The fraction of sp³-hybridized carbons (Fsp3) is 0.812. The fourth-order valence-electron chi connectivity index (χ4n) is 3.64. The zero-order valence-electron chi connectivity index (χ0n) is 12.8. The van der Waals surface area contributed by atoms with Crippen LogP contribution in [0.25, 0.3) is 0 Å². The first-order valence-electron chi connectivity index (χ1n) is 7.80. The maximum Gasteiger partial charge on any atom is 0.105 e. The van der Waals surface area contributed by atoms with E-state index in [9.17, 15) is 0 Å². The lowest BCUT2D eigenvalue weighted by molar-refractivity contribution is 0.223. The Labute approximate surface area is 117 Å². The molecule has 1 aliphatic carbocycles. The predicted octanol–water partition coefficient (Wildman–Crippen LogP) is 3.39. The predicted molar refractivity (Wildman–Crippen MR) is 80.2 cm³/mol. The van der Waals surface area contributed by atoms with Crippen molar-refractivity contribution < 1.29 is 0 Å². The lowest BCUT2D eigenvalue weighted by atomic mass is 9.78. The van der Waals surface area contributed by atoms with Gasteiger partial charge in [0.05, 0.1) is 0 Å². The molecule has 19 heavy (non-hydrogen) atoms. The van der Waals surface area contributed by atoms with E-state index in [1.54, 1.807) is 0 Å². The summed E-state index contributed by atoms with van der Waals surface area (Å²) in [6.07, 6.45) is 11.0. The van der Waals surface area contributed by atoms with E-state index in [-0.39, 0.29) is 0 Å². The zero-order chi connectivity index (χ0) is 13.7. The molecule has 0 amide bonds. The number of aryl methyl sites for hydroxylation is 1. The van der Waals surface area contributed by atoms with Crippen molar-refractivity contribution >= 4 is 0 Å². The van der Waals surface area contributed by atoms with Gasteiger partial charge < -0.3 is 9.88 Å². The van der Waals surface area contributed by atoms with Crippen molar-refractivity contribution in [2.45, 2.75) is 59.4 Å². The SMILES string of the molecule is Cc1nccn1CCNCC1(CC(C)C)CCCC1. The molecular weight excluding hydrogens is 234 g/mol. The van der Waals surface area contributed by atoms with Crippen LogP contribution in [0.5, 0.6) is 0 Å². The second-order valence-electron chi connectivity index (χ2n) is 6.65. The average Bonchev–Trinajstić information content (AvgIpc) is 2.95. The number of hydrogen-bond acceptors (Lipinski definition) is 2. The molecule has 1 heterocycles. The quantitative estimate of drug-likeness (QED) is 0.764. The molecule has 1 fully saturated rings. The Bertz CT molecular complexity index is 375. The smallest absolute Gasteiger partial charge is 0.105 e. The fourth-order valence-corrected chi connectivity index (χ4v) is 3.64. The number of nitrogens with one attached hydrogen (secondary N) is 1. The topological polar surface area (TPSA) is 29.9 Å². The third-order valence-corrected chi connectivity index (χ3v) is 4.46. The summed E-state index contributed by atoms with van der Waals surface area (Å²) in [5, 5.41) is 3.69. The summed E-state index contributed by atoms with van der Waals surface area (Å²) < 4.78 is 2.22. The number of hydrogen-bond donors (Lipinski definition) is 1. The van der Waals surface area contributed by atoms with Crippen molar-refractivity contribution in [1.82, 2.24) is 14.9 Å². The van der Waals surface area contributed by atoms with Crippen LogP contribution in [-0.2, 0) is 6.54 Å². The van der Waals surface area contributed by atoms with Crippen LogP contribution >= 0.6 is 0 Å². The number of rotatable bonds is 7. The largest absolute Gasteiger partial charge is 0.334 e. The molecule has 0 unspecified atom stereocenters. The van der Waals surface area contributed by atoms with E-state index in [1.807, 2.05) is 6.20 Å². The van der Waals surface area contributed by atoms with Crippen molar-refractivity contribution in [2.24, 2.45) is 11.3 Å². The van der Waals surface area contributed by atoms with E-state index in [2.05, 4.69) is 41.8 Å². The highest BCUT2D eigenvalue weighted by molar-refractivity contribution is 4.89. The molecule has 0 aliphatic heterocycles. The molecule has 0 spiro atoms. The summed E-state index contributed by atoms with van der Waals surface area (Å²) >= 11 is 0. The second kappa shape index (κ2) is 6.56. The minimum Gasteiger partial charge on any atom is -0.334 e. The van der Waals surface area contributed by atoms with Gasteiger partial charge >= 0.3 is 0 Å². The average molecular weight is 263 g/mol. The molecule has 1 N–H and O–H groups in total. The van der Waals surface area contributed by atoms with Crippen LogP contribution in [0.1, 0.15) is 51.8 Å². The van der Waals surface area contributed by atoms with E-state index >= 15 is 0 Å². The van der Waals surface area contributed by atoms with Gasteiger partial charge in [-0.3, -0.25) is 0 Å². The molecule has 1 aromatic rings.